The van der Waals surface area contributed by atoms with Crippen LogP contribution in [0.4, 0.5) is 0 Å². The second-order valence-corrected chi connectivity index (χ2v) is 4.85. The van der Waals surface area contributed by atoms with E-state index >= 15 is 0 Å². The lowest BCUT2D eigenvalue weighted by Crippen LogP contribution is -2.02. The van der Waals surface area contributed by atoms with E-state index in [1.54, 1.807) is 0 Å². The Bertz CT molecular complexity index is 435. The molecule has 1 unspecified atom stereocenters. The van der Waals surface area contributed by atoms with Gasteiger partial charge in [0.2, 0.25) is 0 Å². The molecule has 1 atom stereocenters. The molecule has 0 aliphatic carbocycles. The summed E-state index contributed by atoms with van der Waals surface area (Å²) in [5, 5.41) is 0. The molecule has 0 saturated heterocycles. The van der Waals surface area contributed by atoms with Gasteiger partial charge in [-0.25, -0.2) is 0 Å². The summed E-state index contributed by atoms with van der Waals surface area (Å²) < 4.78 is 12.2. The van der Waals surface area contributed by atoms with E-state index in [2.05, 4.69) is 28.8 Å². The smallest absolute Gasteiger partial charge is 0.137 e. The Morgan fingerprint density at radius 1 is 1.22 bits per heavy atom. The molecule has 0 spiro atoms. The number of rotatable bonds is 6. The molecule has 18 heavy (non-hydrogen) atoms. The maximum atomic E-state index is 5.68. The monoisotopic (exact) mass is 310 g/mol. The highest BCUT2D eigenvalue weighted by atomic mass is 79.9. The van der Waals surface area contributed by atoms with E-state index < -0.39 is 0 Å². The van der Waals surface area contributed by atoms with E-state index in [-0.39, 0.29) is 5.92 Å². The van der Waals surface area contributed by atoms with Crippen molar-refractivity contribution in [1.29, 1.82) is 0 Å². The lowest BCUT2D eigenvalue weighted by atomic mass is 9.97. The van der Waals surface area contributed by atoms with Crippen molar-refractivity contribution in [2.45, 2.75) is 33.1 Å². The molecule has 0 radical (unpaired) electrons. The molecular formula is C15H19BrO2. The van der Waals surface area contributed by atoms with Gasteiger partial charge in [-0.05, 0) is 47.3 Å². The summed E-state index contributed by atoms with van der Waals surface area (Å²) in [5.41, 5.74) is 1.12. The molecule has 0 aliphatic heterocycles. The van der Waals surface area contributed by atoms with Gasteiger partial charge in [0.15, 0.2) is 0 Å². The van der Waals surface area contributed by atoms with Gasteiger partial charge in [0, 0.05) is 12.5 Å². The number of hydrogen-bond acceptors (Lipinski definition) is 2. The summed E-state index contributed by atoms with van der Waals surface area (Å²) in [6.45, 7) is 7.29. The van der Waals surface area contributed by atoms with E-state index in [1.165, 1.54) is 0 Å². The normalized spacial score (nSPS) is 11.7. The Morgan fingerprint density at radius 3 is 2.39 bits per heavy atom. The third kappa shape index (κ3) is 3.68. The van der Waals surface area contributed by atoms with Crippen molar-refractivity contribution in [2.24, 2.45) is 0 Å². The molecule has 0 bridgehead atoms. The first-order valence-electron chi connectivity index (χ1n) is 6.16. The number of terminal acetylenes is 1. The van der Waals surface area contributed by atoms with Crippen LogP contribution in [0, 0.1) is 12.3 Å². The first-order valence-corrected chi connectivity index (χ1v) is 6.95. The fraction of sp³-hybridized carbons (Fsp3) is 0.467. The Labute approximate surface area is 118 Å². The van der Waals surface area contributed by atoms with Crippen molar-refractivity contribution in [2.75, 3.05) is 13.2 Å². The van der Waals surface area contributed by atoms with Crippen LogP contribution in [0.5, 0.6) is 11.5 Å². The fourth-order valence-electron chi connectivity index (χ4n) is 1.77. The van der Waals surface area contributed by atoms with Crippen molar-refractivity contribution in [1.82, 2.24) is 0 Å². The molecule has 1 rings (SSSR count). The first kappa shape index (κ1) is 14.9. The highest BCUT2D eigenvalue weighted by Gasteiger charge is 2.15. The van der Waals surface area contributed by atoms with Crippen molar-refractivity contribution >= 4 is 15.9 Å². The largest absolute Gasteiger partial charge is 0.493 e. The number of hydrogen-bond donors (Lipinski definition) is 0. The van der Waals surface area contributed by atoms with Crippen LogP contribution in [0.15, 0.2) is 16.6 Å². The molecule has 0 amide bonds. The molecule has 98 valence electrons. The Balaban J connectivity index is 3.15. The molecule has 0 heterocycles. The minimum Gasteiger partial charge on any atom is -0.493 e. The van der Waals surface area contributed by atoms with E-state index in [0.717, 1.165) is 21.5 Å². The average molecular weight is 311 g/mol. The highest BCUT2D eigenvalue weighted by molar-refractivity contribution is 9.10. The summed E-state index contributed by atoms with van der Waals surface area (Å²) in [7, 11) is 0. The molecule has 0 saturated carbocycles. The van der Waals surface area contributed by atoms with Gasteiger partial charge in [-0.15, -0.1) is 12.3 Å². The van der Waals surface area contributed by atoms with Gasteiger partial charge in [-0.2, -0.15) is 0 Å². The predicted octanol–water partition coefficient (Wildman–Crippen LogP) is 4.37. The van der Waals surface area contributed by atoms with Crippen LogP contribution >= 0.6 is 15.9 Å². The molecule has 1 aromatic rings. The van der Waals surface area contributed by atoms with Crippen LogP contribution in [0.25, 0.3) is 0 Å². The molecule has 0 aliphatic rings. The van der Waals surface area contributed by atoms with Crippen LogP contribution in [0.2, 0.25) is 0 Å². The van der Waals surface area contributed by atoms with E-state index in [0.29, 0.717) is 19.6 Å². The van der Waals surface area contributed by atoms with E-state index in [4.69, 9.17) is 15.9 Å². The average Bonchev–Trinajstić information content (AvgIpc) is 2.34. The summed E-state index contributed by atoms with van der Waals surface area (Å²) >= 11 is 3.52. The van der Waals surface area contributed by atoms with Crippen molar-refractivity contribution < 1.29 is 9.47 Å². The zero-order valence-electron chi connectivity index (χ0n) is 11.1. The lowest BCUT2D eigenvalue weighted by Gasteiger charge is -2.17. The lowest BCUT2D eigenvalue weighted by molar-refractivity contribution is 0.318. The van der Waals surface area contributed by atoms with Gasteiger partial charge in [0.05, 0.1) is 17.7 Å². The third-order valence-corrected chi connectivity index (χ3v) is 3.24. The minimum absolute atomic E-state index is 0.267. The third-order valence-electron chi connectivity index (χ3n) is 2.62. The van der Waals surface area contributed by atoms with Gasteiger partial charge < -0.3 is 9.47 Å². The minimum atomic E-state index is 0.267. The SMILES string of the molecule is C#CCC(C)c1cc(Br)c(OCC)cc1OCC. The molecule has 2 nitrogen and oxygen atoms in total. The van der Waals surface area contributed by atoms with Crippen LogP contribution in [0.3, 0.4) is 0 Å². The number of benzene rings is 1. The van der Waals surface area contributed by atoms with E-state index in [1.807, 2.05) is 26.0 Å². The summed E-state index contributed by atoms with van der Waals surface area (Å²) in [5.74, 6) is 4.62. The van der Waals surface area contributed by atoms with Gasteiger partial charge >= 0.3 is 0 Å². The standard InChI is InChI=1S/C15H19BrO2/c1-5-8-11(4)12-9-13(16)15(18-7-3)10-14(12)17-6-2/h1,9-11H,6-8H2,2-4H3. The maximum absolute atomic E-state index is 5.68. The predicted molar refractivity (Wildman–Crippen MR) is 78.3 cm³/mol. The zero-order valence-corrected chi connectivity index (χ0v) is 12.7. The van der Waals surface area contributed by atoms with Crippen LogP contribution in [-0.2, 0) is 0 Å². The van der Waals surface area contributed by atoms with Crippen molar-refractivity contribution in [3.63, 3.8) is 0 Å². The molecular weight excluding hydrogens is 292 g/mol. The number of ether oxygens (including phenoxy) is 2. The molecule has 0 N–H and O–H groups in total. The second-order valence-electron chi connectivity index (χ2n) is 4.00. The van der Waals surface area contributed by atoms with Crippen LogP contribution < -0.4 is 9.47 Å². The molecule has 0 fully saturated rings. The van der Waals surface area contributed by atoms with Gasteiger partial charge in [-0.3, -0.25) is 0 Å². The van der Waals surface area contributed by atoms with Gasteiger partial charge in [0.25, 0.3) is 0 Å². The highest BCUT2D eigenvalue weighted by Crippen LogP contribution is 2.37. The van der Waals surface area contributed by atoms with Gasteiger partial charge in [-0.1, -0.05) is 6.92 Å². The van der Waals surface area contributed by atoms with E-state index in [9.17, 15) is 0 Å². The second kappa shape index (κ2) is 7.33. The van der Waals surface area contributed by atoms with Crippen LogP contribution in [0.1, 0.15) is 38.7 Å². The molecule has 3 heteroatoms. The summed E-state index contributed by atoms with van der Waals surface area (Å²) in [6.07, 6.45) is 6.07. The Hall–Kier alpha value is -1.14. The molecule has 1 aromatic carbocycles. The fourth-order valence-corrected chi connectivity index (χ4v) is 2.24. The first-order chi connectivity index (χ1) is 8.63. The quantitative estimate of drug-likeness (QED) is 0.726. The van der Waals surface area contributed by atoms with Crippen LogP contribution in [-0.4, -0.2) is 13.2 Å². The number of halogens is 1. The van der Waals surface area contributed by atoms with Crippen molar-refractivity contribution in [3.05, 3.63) is 22.2 Å². The molecule has 0 aromatic heterocycles. The maximum Gasteiger partial charge on any atom is 0.137 e. The summed E-state index contributed by atoms with van der Waals surface area (Å²) in [6, 6.07) is 3.97. The zero-order chi connectivity index (χ0) is 13.5. The topological polar surface area (TPSA) is 18.5 Å². The summed E-state index contributed by atoms with van der Waals surface area (Å²) in [4.78, 5) is 0. The Morgan fingerprint density at radius 2 is 1.83 bits per heavy atom. The van der Waals surface area contributed by atoms with Crippen molar-refractivity contribution in [3.8, 4) is 23.8 Å². The Kier molecular flexibility index (Phi) is 6.07. The van der Waals surface area contributed by atoms with Gasteiger partial charge in [0.1, 0.15) is 11.5 Å².